The van der Waals surface area contributed by atoms with E-state index in [2.05, 4.69) is 38.3 Å². The largest absolute Gasteiger partial charge is 0.356 e. The van der Waals surface area contributed by atoms with E-state index in [9.17, 15) is 4.79 Å². The average molecular weight is 240 g/mol. The summed E-state index contributed by atoms with van der Waals surface area (Å²) in [7, 11) is 0. The maximum Gasteiger partial charge on any atom is 0.221 e. The number of carbonyl (C=O) groups is 1. The van der Waals surface area contributed by atoms with Gasteiger partial charge in [0.05, 0.1) is 0 Å². The minimum Gasteiger partial charge on any atom is -0.356 e. The first-order chi connectivity index (χ1) is 7.99. The van der Waals surface area contributed by atoms with E-state index in [1.54, 1.807) is 0 Å². The Bertz CT molecular complexity index is 232. The van der Waals surface area contributed by atoms with Crippen LogP contribution in [-0.4, -0.2) is 25.0 Å². The molecule has 0 radical (unpaired) electrons. The lowest BCUT2D eigenvalue weighted by molar-refractivity contribution is -0.121. The maximum absolute atomic E-state index is 11.5. The minimum atomic E-state index is 0.172. The third kappa shape index (κ3) is 5.53. The Balaban J connectivity index is 1.96. The van der Waals surface area contributed by atoms with Crippen LogP contribution < -0.4 is 10.6 Å². The summed E-state index contributed by atoms with van der Waals surface area (Å²) in [5, 5.41) is 6.40. The van der Waals surface area contributed by atoms with Gasteiger partial charge in [-0.2, -0.15) is 0 Å². The van der Waals surface area contributed by atoms with Crippen molar-refractivity contribution in [3.63, 3.8) is 0 Å². The van der Waals surface area contributed by atoms with Crippen LogP contribution in [0, 0.1) is 17.8 Å². The number of nitrogens with one attached hydrogen (secondary N) is 2. The van der Waals surface area contributed by atoms with Crippen LogP contribution in [0.2, 0.25) is 0 Å². The highest BCUT2D eigenvalue weighted by atomic mass is 16.1. The second-order valence-electron chi connectivity index (χ2n) is 6.07. The molecule has 1 aliphatic carbocycles. The molecule has 0 atom stereocenters. The highest BCUT2D eigenvalue weighted by Gasteiger charge is 2.30. The first-order valence-corrected chi connectivity index (χ1v) is 6.99. The molecule has 3 heteroatoms. The first-order valence-electron chi connectivity index (χ1n) is 6.99. The van der Waals surface area contributed by atoms with Gasteiger partial charge in [-0.25, -0.2) is 0 Å². The fraction of sp³-hybridized carbons (Fsp3) is 0.929. The lowest BCUT2D eigenvalue weighted by atomic mass is 9.74. The summed E-state index contributed by atoms with van der Waals surface area (Å²) in [5.41, 5.74) is 0. The van der Waals surface area contributed by atoms with Gasteiger partial charge < -0.3 is 10.6 Å². The summed E-state index contributed by atoms with van der Waals surface area (Å²) in [5.74, 6) is 2.40. The van der Waals surface area contributed by atoms with E-state index in [-0.39, 0.29) is 5.91 Å². The summed E-state index contributed by atoms with van der Waals surface area (Å²) in [6, 6.07) is 0.653. The van der Waals surface area contributed by atoms with Gasteiger partial charge in [0, 0.05) is 25.6 Å². The Hall–Kier alpha value is -0.570. The topological polar surface area (TPSA) is 41.1 Å². The molecule has 0 bridgehead atoms. The van der Waals surface area contributed by atoms with Gasteiger partial charge in [-0.05, 0) is 30.6 Å². The van der Waals surface area contributed by atoms with Gasteiger partial charge in [0.2, 0.25) is 5.91 Å². The van der Waals surface area contributed by atoms with E-state index in [1.165, 1.54) is 12.8 Å². The van der Waals surface area contributed by atoms with Gasteiger partial charge in [-0.3, -0.25) is 4.79 Å². The highest BCUT2D eigenvalue weighted by Crippen LogP contribution is 2.33. The van der Waals surface area contributed by atoms with Gasteiger partial charge in [-0.15, -0.1) is 0 Å². The molecule has 0 spiro atoms. The fourth-order valence-electron chi connectivity index (χ4n) is 2.17. The van der Waals surface area contributed by atoms with Crippen molar-refractivity contribution >= 4 is 5.91 Å². The molecule has 100 valence electrons. The molecule has 17 heavy (non-hydrogen) atoms. The van der Waals surface area contributed by atoms with Crippen molar-refractivity contribution in [3.05, 3.63) is 0 Å². The van der Waals surface area contributed by atoms with Crippen molar-refractivity contribution in [3.8, 4) is 0 Å². The monoisotopic (exact) mass is 240 g/mol. The molecule has 0 aromatic rings. The Morgan fingerprint density at radius 1 is 1.24 bits per heavy atom. The molecule has 0 heterocycles. The average Bonchev–Trinajstić information content (AvgIpc) is 2.17. The fourth-order valence-corrected chi connectivity index (χ4v) is 2.17. The molecule has 3 nitrogen and oxygen atoms in total. The maximum atomic E-state index is 11.5. The molecule has 1 amide bonds. The molecule has 0 aliphatic heterocycles. The standard InChI is InChI=1S/C14H28N2O/c1-10(2)9-16-14(17)5-6-15-13-7-12(8-13)11(3)4/h10-13,15H,5-9H2,1-4H3,(H,16,17). The summed E-state index contributed by atoms with van der Waals surface area (Å²) in [4.78, 5) is 11.5. The third-order valence-electron chi connectivity index (χ3n) is 3.61. The SMILES string of the molecule is CC(C)CNC(=O)CCNC1CC(C(C)C)C1. The molecule has 1 fully saturated rings. The van der Waals surface area contributed by atoms with E-state index in [1.807, 2.05) is 0 Å². The van der Waals surface area contributed by atoms with Crippen LogP contribution in [0.1, 0.15) is 47.0 Å². The van der Waals surface area contributed by atoms with Gasteiger partial charge in [0.15, 0.2) is 0 Å². The second-order valence-corrected chi connectivity index (χ2v) is 6.07. The molecular weight excluding hydrogens is 212 g/mol. The van der Waals surface area contributed by atoms with E-state index in [4.69, 9.17) is 0 Å². The van der Waals surface area contributed by atoms with E-state index in [0.29, 0.717) is 18.4 Å². The predicted molar refractivity (Wildman–Crippen MR) is 71.8 cm³/mol. The van der Waals surface area contributed by atoms with E-state index >= 15 is 0 Å². The van der Waals surface area contributed by atoms with Crippen molar-refractivity contribution < 1.29 is 4.79 Å². The quantitative estimate of drug-likeness (QED) is 0.716. The molecule has 1 aliphatic rings. The molecule has 0 unspecified atom stereocenters. The zero-order chi connectivity index (χ0) is 12.8. The molecule has 2 N–H and O–H groups in total. The summed E-state index contributed by atoms with van der Waals surface area (Å²) >= 11 is 0. The number of rotatable bonds is 7. The predicted octanol–water partition coefficient (Wildman–Crippen LogP) is 2.17. The van der Waals surface area contributed by atoms with Crippen molar-refractivity contribution in [2.75, 3.05) is 13.1 Å². The number of carbonyl (C=O) groups excluding carboxylic acids is 1. The molecule has 1 rings (SSSR count). The lowest BCUT2D eigenvalue weighted by Crippen LogP contribution is -2.44. The van der Waals surface area contributed by atoms with Crippen molar-refractivity contribution in [2.45, 2.75) is 53.0 Å². The van der Waals surface area contributed by atoms with Crippen molar-refractivity contribution in [2.24, 2.45) is 17.8 Å². The summed E-state index contributed by atoms with van der Waals surface area (Å²) in [6.07, 6.45) is 3.17. The first kappa shape index (κ1) is 14.5. The van der Waals surface area contributed by atoms with Crippen LogP contribution in [0.15, 0.2) is 0 Å². The Labute approximate surface area is 106 Å². The van der Waals surface area contributed by atoms with Gasteiger partial charge in [0.25, 0.3) is 0 Å². The lowest BCUT2D eigenvalue weighted by Gasteiger charge is -2.38. The highest BCUT2D eigenvalue weighted by molar-refractivity contribution is 5.76. The van der Waals surface area contributed by atoms with Gasteiger partial charge >= 0.3 is 0 Å². The summed E-state index contributed by atoms with van der Waals surface area (Å²) in [6.45, 7) is 10.4. The summed E-state index contributed by atoms with van der Waals surface area (Å²) < 4.78 is 0. The number of hydrogen-bond acceptors (Lipinski definition) is 2. The minimum absolute atomic E-state index is 0.172. The zero-order valence-corrected chi connectivity index (χ0v) is 11.8. The van der Waals surface area contributed by atoms with Crippen LogP contribution in [0.3, 0.4) is 0 Å². The molecule has 0 saturated heterocycles. The van der Waals surface area contributed by atoms with Crippen LogP contribution in [0.25, 0.3) is 0 Å². The Morgan fingerprint density at radius 2 is 1.88 bits per heavy atom. The van der Waals surface area contributed by atoms with E-state index in [0.717, 1.165) is 24.9 Å². The van der Waals surface area contributed by atoms with Crippen molar-refractivity contribution in [1.82, 2.24) is 10.6 Å². The molecule has 0 aromatic heterocycles. The third-order valence-corrected chi connectivity index (χ3v) is 3.61. The van der Waals surface area contributed by atoms with Gasteiger partial charge in [0.1, 0.15) is 0 Å². The van der Waals surface area contributed by atoms with Crippen LogP contribution >= 0.6 is 0 Å². The molecular formula is C14H28N2O. The Morgan fingerprint density at radius 3 is 2.41 bits per heavy atom. The van der Waals surface area contributed by atoms with Crippen LogP contribution in [0.5, 0.6) is 0 Å². The zero-order valence-electron chi connectivity index (χ0n) is 11.8. The van der Waals surface area contributed by atoms with Crippen LogP contribution in [0.4, 0.5) is 0 Å². The molecule has 1 saturated carbocycles. The van der Waals surface area contributed by atoms with Crippen molar-refractivity contribution in [1.29, 1.82) is 0 Å². The second kappa shape index (κ2) is 7.00. The smallest absolute Gasteiger partial charge is 0.221 e. The normalized spacial score (nSPS) is 23.9. The number of hydrogen-bond donors (Lipinski definition) is 2. The Kier molecular flexibility index (Phi) is 5.96. The number of amides is 1. The van der Waals surface area contributed by atoms with Gasteiger partial charge in [-0.1, -0.05) is 27.7 Å². The van der Waals surface area contributed by atoms with E-state index < -0.39 is 0 Å². The van der Waals surface area contributed by atoms with Crippen LogP contribution in [-0.2, 0) is 4.79 Å². The molecule has 0 aromatic carbocycles.